The number of hydrogen-bond acceptors (Lipinski definition) is 8. The molecule has 6 rings (SSSR count). The fraction of sp³-hybridized carbons (Fsp3) is 0.125. The number of carboxylic acid groups (broad SMARTS) is 1. The van der Waals surface area contributed by atoms with Gasteiger partial charge < -0.3 is 24.8 Å². The number of carboxylic acids is 1. The first-order valence-corrected chi connectivity index (χ1v) is 16.3. The van der Waals surface area contributed by atoms with Crippen molar-refractivity contribution in [2.45, 2.75) is 34.6 Å². The second-order valence-corrected chi connectivity index (χ2v) is 13.4. The number of aromatic nitrogens is 4. The van der Waals surface area contributed by atoms with E-state index in [1.807, 2.05) is 66.3 Å². The number of aromatic carboxylic acids is 1. The number of pyridine rings is 4. The molecule has 0 aromatic carbocycles. The van der Waals surface area contributed by atoms with Crippen LogP contribution < -0.4 is 5.11 Å². The molecular formula is C40H40ClN4O2RuS2-. The molecule has 0 saturated carbocycles. The van der Waals surface area contributed by atoms with E-state index in [9.17, 15) is 9.90 Å². The van der Waals surface area contributed by atoms with E-state index in [1.54, 1.807) is 6.20 Å². The number of nitrogens with zero attached hydrogens (tertiary/aromatic N) is 4. The van der Waals surface area contributed by atoms with Crippen molar-refractivity contribution < 1.29 is 29.4 Å². The fourth-order valence-corrected chi connectivity index (χ4v) is 6.37. The maximum absolute atomic E-state index is 10.7. The maximum Gasteiger partial charge on any atom is 2.00 e. The Kier molecular flexibility index (Phi) is 18.0. The number of halogens is 1. The zero-order chi connectivity index (χ0) is 32.6. The standard InChI is InChI=1S/C26H24N2S2.C12H10N2O2.2CH3.ClH.Ru/c1-17-13-23(29-19(17)3)7-5-21-9-11-27-25(15-21)26-16-22(10-12-28-26)6-8-24-14-18(2)20(4)30-24;1-8-2-4-13-10(6-8)11-7-9(12(15)16)3-5-14-11;;;;/h5-16H,1-4H3;2-7H,1H3,(H,15,16);2*1H3;1H;/q;;2*-1;;+2/p-1/b7-5+,8-6+;;;;;. The predicted molar refractivity (Wildman–Crippen MR) is 210 cm³/mol. The summed E-state index contributed by atoms with van der Waals surface area (Å²) in [5.41, 5.74) is 9.04. The van der Waals surface area contributed by atoms with Crippen molar-refractivity contribution in [1.29, 1.82) is 0 Å². The van der Waals surface area contributed by atoms with Crippen LogP contribution in [0.2, 0.25) is 0 Å². The van der Waals surface area contributed by atoms with Crippen molar-refractivity contribution >= 4 is 65.4 Å². The molecule has 0 N–H and O–H groups in total. The molecule has 6 aromatic heterocycles. The third-order valence-electron chi connectivity index (χ3n) is 7.25. The minimum atomic E-state index is -1.21. The van der Waals surface area contributed by atoms with Crippen LogP contribution in [0.4, 0.5) is 0 Å². The van der Waals surface area contributed by atoms with Gasteiger partial charge in [-0.3, -0.25) is 19.9 Å². The van der Waals surface area contributed by atoms with Crippen LogP contribution in [0.5, 0.6) is 0 Å². The number of carbonyl (C=O) groups is 1. The molecule has 0 atom stereocenters. The van der Waals surface area contributed by atoms with Gasteiger partial charge in [0.25, 0.3) is 0 Å². The molecule has 6 aromatic rings. The van der Waals surface area contributed by atoms with Gasteiger partial charge in [0.2, 0.25) is 0 Å². The number of carbonyl (C=O) groups excluding carboxylic acids is 1. The molecule has 0 aliphatic heterocycles. The van der Waals surface area contributed by atoms with Gasteiger partial charge >= 0.3 is 19.5 Å². The Hall–Kier alpha value is -4.14. The van der Waals surface area contributed by atoms with Crippen LogP contribution in [0.3, 0.4) is 0 Å². The van der Waals surface area contributed by atoms with Gasteiger partial charge in [0, 0.05) is 49.9 Å². The van der Waals surface area contributed by atoms with Gasteiger partial charge in [-0.2, -0.15) is 0 Å². The zero-order valence-corrected chi connectivity index (χ0v) is 33.3. The Labute approximate surface area is 323 Å². The van der Waals surface area contributed by atoms with Crippen LogP contribution in [-0.4, -0.2) is 25.9 Å². The summed E-state index contributed by atoms with van der Waals surface area (Å²) in [6.07, 6.45) is 15.4. The molecule has 6 heterocycles. The molecule has 0 bridgehead atoms. The molecule has 0 radical (unpaired) electrons. The van der Waals surface area contributed by atoms with Crippen LogP contribution in [0.15, 0.2) is 85.5 Å². The van der Waals surface area contributed by atoms with Gasteiger partial charge in [-0.15, -0.1) is 35.1 Å². The fourth-order valence-electron chi connectivity index (χ4n) is 4.48. The summed E-state index contributed by atoms with van der Waals surface area (Å²) in [7, 11) is 0. The number of aryl methyl sites for hydroxylation is 5. The van der Waals surface area contributed by atoms with Gasteiger partial charge in [-0.25, -0.2) is 0 Å². The molecule has 0 saturated heterocycles. The number of thiophene rings is 2. The van der Waals surface area contributed by atoms with Crippen LogP contribution in [0.25, 0.3) is 47.1 Å². The smallest absolute Gasteiger partial charge is 0.545 e. The maximum atomic E-state index is 10.7. The average Bonchev–Trinajstić information content (AvgIpc) is 3.57. The normalized spacial score (nSPS) is 10.3. The first-order chi connectivity index (χ1) is 22.1. The third-order valence-corrected chi connectivity index (χ3v) is 9.49. The second-order valence-electron chi connectivity index (χ2n) is 10.8. The van der Waals surface area contributed by atoms with E-state index in [0.29, 0.717) is 11.4 Å². The minimum absolute atomic E-state index is 0. The van der Waals surface area contributed by atoms with Gasteiger partial charge in [0.05, 0.1) is 28.7 Å². The summed E-state index contributed by atoms with van der Waals surface area (Å²) in [4.78, 5) is 33.3. The quantitative estimate of drug-likeness (QED) is 0.118. The molecule has 50 heavy (non-hydrogen) atoms. The van der Waals surface area contributed by atoms with Gasteiger partial charge in [-0.1, -0.05) is 12.2 Å². The summed E-state index contributed by atoms with van der Waals surface area (Å²) < 4.78 is 0. The second kappa shape index (κ2) is 20.5. The van der Waals surface area contributed by atoms with Crippen LogP contribution in [-0.2, 0) is 19.5 Å². The van der Waals surface area contributed by atoms with Crippen molar-refractivity contribution in [2.75, 3.05) is 0 Å². The molecule has 260 valence electrons. The molecular weight excluding hydrogens is 769 g/mol. The van der Waals surface area contributed by atoms with Crippen molar-refractivity contribution in [3.63, 3.8) is 0 Å². The van der Waals surface area contributed by atoms with Gasteiger partial charge in [0.15, 0.2) is 0 Å². The predicted octanol–water partition coefficient (Wildman–Crippen LogP) is 9.98. The van der Waals surface area contributed by atoms with Gasteiger partial charge in [0.1, 0.15) is 0 Å². The Balaban J connectivity index is 0.000000537. The van der Waals surface area contributed by atoms with Crippen LogP contribution in [0, 0.1) is 49.5 Å². The van der Waals surface area contributed by atoms with E-state index in [0.717, 1.165) is 28.1 Å². The molecule has 0 aliphatic rings. The van der Waals surface area contributed by atoms with E-state index >= 15 is 0 Å². The Bertz CT molecular complexity index is 1930. The first kappa shape index (κ1) is 43.9. The van der Waals surface area contributed by atoms with Gasteiger partial charge in [-0.05, 0) is 135 Å². The topological polar surface area (TPSA) is 91.7 Å². The summed E-state index contributed by atoms with van der Waals surface area (Å²) >= 11 is 3.64. The number of rotatable bonds is 7. The molecule has 0 amide bonds. The van der Waals surface area contributed by atoms with Crippen LogP contribution >= 0.6 is 35.1 Å². The van der Waals surface area contributed by atoms with E-state index < -0.39 is 5.97 Å². The third kappa shape index (κ3) is 12.0. The summed E-state index contributed by atoms with van der Waals surface area (Å²) in [6.45, 7) is 10.6. The molecule has 0 spiro atoms. The zero-order valence-electron chi connectivity index (χ0n) is 29.1. The van der Waals surface area contributed by atoms with Crippen LogP contribution in [0.1, 0.15) is 57.7 Å². The Morgan fingerprint density at radius 3 is 1.38 bits per heavy atom. The van der Waals surface area contributed by atoms with E-state index in [-0.39, 0.29) is 52.3 Å². The summed E-state index contributed by atoms with van der Waals surface area (Å²) in [6, 6.07) is 19.3. The molecule has 0 unspecified atom stereocenters. The van der Waals surface area contributed by atoms with E-state index in [4.69, 9.17) is 0 Å². The average molecular weight is 809 g/mol. The minimum Gasteiger partial charge on any atom is -0.545 e. The molecule has 0 aliphatic carbocycles. The Morgan fingerprint density at radius 1 is 0.580 bits per heavy atom. The van der Waals surface area contributed by atoms with Crippen molar-refractivity contribution in [2.24, 2.45) is 0 Å². The monoisotopic (exact) mass is 809 g/mol. The largest absolute Gasteiger partial charge is 2.00 e. The number of hydrogen-bond donors (Lipinski definition) is 0. The molecule has 0 fully saturated rings. The molecule has 6 nitrogen and oxygen atoms in total. The van der Waals surface area contributed by atoms with Crippen molar-refractivity contribution in [1.82, 2.24) is 19.9 Å². The Morgan fingerprint density at radius 2 is 0.980 bits per heavy atom. The van der Waals surface area contributed by atoms with E-state index in [2.05, 4.69) is 96.2 Å². The summed E-state index contributed by atoms with van der Waals surface area (Å²) in [5.74, 6) is -1.21. The SMILES string of the molecule is Cc1cc(/C=C/c2ccnc(-c3cc(/C=C/c4cc(C)c(C)s4)ccn3)c2)sc1C.Cc1ccnc(-c2cc(C(=O)[O-])ccn2)c1.Cl.[CH3-].[CH3-].[Ru+2]. The van der Waals surface area contributed by atoms with Crippen molar-refractivity contribution in [3.8, 4) is 22.8 Å². The first-order valence-electron chi connectivity index (χ1n) is 14.7. The van der Waals surface area contributed by atoms with E-state index in [1.165, 1.54) is 49.0 Å². The van der Waals surface area contributed by atoms with Crippen molar-refractivity contribution in [3.05, 3.63) is 153 Å². The molecule has 10 heteroatoms. The summed E-state index contributed by atoms with van der Waals surface area (Å²) in [5, 5.41) is 10.7.